The normalized spacial score (nSPS) is 10.1. The summed E-state index contributed by atoms with van der Waals surface area (Å²) in [6, 6.07) is 10.5. The van der Waals surface area contributed by atoms with Crippen molar-refractivity contribution >= 4 is 52.1 Å². The molecule has 0 bridgehead atoms. The van der Waals surface area contributed by atoms with Crippen LogP contribution < -0.4 is 16.2 Å². The Morgan fingerprint density at radius 2 is 1.78 bits per heavy atom. The van der Waals surface area contributed by atoms with Gasteiger partial charge in [-0.05, 0) is 61.5 Å². The van der Waals surface area contributed by atoms with Crippen molar-refractivity contribution in [3.63, 3.8) is 0 Å². The van der Waals surface area contributed by atoms with Gasteiger partial charge < -0.3 is 5.32 Å². The molecule has 0 saturated heterocycles. The highest BCUT2D eigenvalue weighted by molar-refractivity contribution is 7.80. The van der Waals surface area contributed by atoms with Gasteiger partial charge >= 0.3 is 0 Å². The van der Waals surface area contributed by atoms with Gasteiger partial charge in [0.1, 0.15) is 0 Å². The van der Waals surface area contributed by atoms with Crippen LogP contribution in [0.25, 0.3) is 0 Å². The van der Waals surface area contributed by atoms with E-state index in [1.54, 1.807) is 12.1 Å². The lowest BCUT2D eigenvalue weighted by Gasteiger charge is -2.14. The molecule has 120 valence electrons. The zero-order chi connectivity index (χ0) is 17.0. The number of carbonyl (C=O) groups is 1. The van der Waals surface area contributed by atoms with Gasteiger partial charge in [0.25, 0.3) is 5.91 Å². The Morgan fingerprint density at radius 3 is 2.48 bits per heavy atom. The van der Waals surface area contributed by atoms with Gasteiger partial charge in [-0.1, -0.05) is 35.3 Å². The molecular formula is C16H15Cl2N3OS. The van der Waals surface area contributed by atoms with E-state index in [1.807, 2.05) is 32.0 Å². The molecule has 0 aliphatic heterocycles. The number of benzene rings is 2. The van der Waals surface area contributed by atoms with Crippen LogP contribution in [0.3, 0.4) is 0 Å². The predicted molar refractivity (Wildman–Crippen MR) is 99.2 cm³/mol. The number of anilines is 1. The minimum absolute atomic E-state index is 0.284. The number of halogens is 2. The monoisotopic (exact) mass is 367 g/mol. The summed E-state index contributed by atoms with van der Waals surface area (Å²) in [5, 5.41) is 4.03. The van der Waals surface area contributed by atoms with Crippen molar-refractivity contribution in [1.29, 1.82) is 0 Å². The molecule has 0 radical (unpaired) electrons. The lowest BCUT2D eigenvalue weighted by Crippen LogP contribution is -2.43. The first-order chi connectivity index (χ1) is 10.9. The Kier molecular flexibility index (Phi) is 5.82. The summed E-state index contributed by atoms with van der Waals surface area (Å²) in [6.07, 6.45) is 0. The van der Waals surface area contributed by atoms with E-state index < -0.39 is 0 Å². The first-order valence-electron chi connectivity index (χ1n) is 6.77. The molecule has 0 heterocycles. The fourth-order valence-corrected chi connectivity index (χ4v) is 2.32. The summed E-state index contributed by atoms with van der Waals surface area (Å²) < 4.78 is 0. The maximum atomic E-state index is 12.0. The summed E-state index contributed by atoms with van der Waals surface area (Å²) in [4.78, 5) is 12.0. The van der Waals surface area contributed by atoms with Crippen LogP contribution in [-0.4, -0.2) is 11.0 Å². The highest BCUT2D eigenvalue weighted by Crippen LogP contribution is 2.22. The van der Waals surface area contributed by atoms with Crippen molar-refractivity contribution in [2.75, 3.05) is 5.32 Å². The number of carbonyl (C=O) groups excluding carboxylic acids is 1. The highest BCUT2D eigenvalue weighted by Gasteiger charge is 2.09. The molecule has 0 aliphatic rings. The molecule has 7 heteroatoms. The minimum atomic E-state index is -0.367. The molecular weight excluding hydrogens is 353 g/mol. The van der Waals surface area contributed by atoms with Crippen LogP contribution in [0.5, 0.6) is 0 Å². The van der Waals surface area contributed by atoms with Crippen LogP contribution in [0, 0.1) is 13.8 Å². The van der Waals surface area contributed by atoms with Gasteiger partial charge in [-0.2, -0.15) is 0 Å². The van der Waals surface area contributed by atoms with Gasteiger partial charge in [-0.3, -0.25) is 15.6 Å². The molecule has 2 aromatic carbocycles. The van der Waals surface area contributed by atoms with Crippen LogP contribution in [0.1, 0.15) is 21.5 Å². The molecule has 3 N–H and O–H groups in total. The van der Waals surface area contributed by atoms with Crippen molar-refractivity contribution < 1.29 is 4.79 Å². The summed E-state index contributed by atoms with van der Waals surface area (Å²) in [5.41, 5.74) is 8.66. The molecule has 2 rings (SSSR count). The summed E-state index contributed by atoms with van der Waals surface area (Å²) in [5.74, 6) is -0.367. The van der Waals surface area contributed by atoms with Crippen LogP contribution in [0.2, 0.25) is 10.0 Å². The molecule has 0 atom stereocenters. The van der Waals surface area contributed by atoms with Gasteiger partial charge in [0.05, 0.1) is 10.0 Å². The van der Waals surface area contributed by atoms with Crippen molar-refractivity contribution in [2.45, 2.75) is 13.8 Å². The number of hydrazine groups is 1. The summed E-state index contributed by atoms with van der Waals surface area (Å²) in [7, 11) is 0. The number of rotatable bonds is 2. The van der Waals surface area contributed by atoms with E-state index in [0.29, 0.717) is 15.6 Å². The third kappa shape index (κ3) is 4.58. The summed E-state index contributed by atoms with van der Waals surface area (Å²) >= 11 is 16.9. The van der Waals surface area contributed by atoms with Crippen LogP contribution in [0.15, 0.2) is 36.4 Å². The first kappa shape index (κ1) is 17.5. The Morgan fingerprint density at radius 1 is 1.04 bits per heavy atom. The molecule has 0 saturated carbocycles. The van der Waals surface area contributed by atoms with E-state index >= 15 is 0 Å². The van der Waals surface area contributed by atoms with Gasteiger partial charge in [0, 0.05) is 11.3 Å². The van der Waals surface area contributed by atoms with Crippen molar-refractivity contribution in [2.24, 2.45) is 0 Å². The van der Waals surface area contributed by atoms with E-state index in [4.69, 9.17) is 35.4 Å². The SMILES string of the molecule is Cc1cccc(NC(=S)NNC(=O)c2ccc(Cl)c(Cl)c2)c1C. The van der Waals surface area contributed by atoms with Crippen molar-refractivity contribution in [1.82, 2.24) is 10.9 Å². The lowest BCUT2D eigenvalue weighted by molar-refractivity contribution is 0.0944. The maximum Gasteiger partial charge on any atom is 0.269 e. The number of nitrogens with one attached hydrogen (secondary N) is 3. The molecule has 4 nitrogen and oxygen atoms in total. The third-order valence-corrected chi connectivity index (χ3v) is 4.27. The largest absolute Gasteiger partial charge is 0.331 e. The molecule has 0 fully saturated rings. The second-order valence-electron chi connectivity index (χ2n) is 4.91. The van der Waals surface area contributed by atoms with Crippen LogP contribution >= 0.6 is 35.4 Å². The van der Waals surface area contributed by atoms with Gasteiger partial charge in [0.2, 0.25) is 0 Å². The van der Waals surface area contributed by atoms with E-state index in [1.165, 1.54) is 6.07 Å². The number of amides is 1. The summed E-state index contributed by atoms with van der Waals surface area (Å²) in [6.45, 7) is 4.01. The highest BCUT2D eigenvalue weighted by atomic mass is 35.5. The Bertz CT molecular complexity index is 765. The molecule has 0 aliphatic carbocycles. The van der Waals surface area contributed by atoms with E-state index in [0.717, 1.165) is 16.8 Å². The molecule has 0 unspecified atom stereocenters. The van der Waals surface area contributed by atoms with E-state index in [2.05, 4.69) is 16.2 Å². The van der Waals surface area contributed by atoms with Crippen molar-refractivity contribution in [3.8, 4) is 0 Å². The fraction of sp³-hybridized carbons (Fsp3) is 0.125. The Labute approximate surface area is 150 Å². The van der Waals surface area contributed by atoms with Gasteiger partial charge in [0.15, 0.2) is 5.11 Å². The molecule has 1 amide bonds. The molecule has 2 aromatic rings. The number of aryl methyl sites for hydroxylation is 1. The van der Waals surface area contributed by atoms with Crippen molar-refractivity contribution in [3.05, 3.63) is 63.1 Å². The van der Waals surface area contributed by atoms with E-state index in [9.17, 15) is 4.79 Å². The van der Waals surface area contributed by atoms with Crippen LogP contribution in [0.4, 0.5) is 5.69 Å². The Hall–Kier alpha value is -1.82. The second-order valence-corrected chi connectivity index (χ2v) is 6.13. The maximum absolute atomic E-state index is 12.0. The number of hydrogen-bond acceptors (Lipinski definition) is 2. The molecule has 23 heavy (non-hydrogen) atoms. The standard InChI is InChI=1S/C16H15Cl2N3OS/c1-9-4-3-5-14(10(9)2)19-16(23)21-20-15(22)11-6-7-12(17)13(18)8-11/h3-8H,1-2H3,(H,20,22)(H2,19,21,23). The Balaban J connectivity index is 1.94. The average molecular weight is 368 g/mol. The molecule has 0 aromatic heterocycles. The lowest BCUT2D eigenvalue weighted by atomic mass is 10.1. The quantitative estimate of drug-likeness (QED) is 0.548. The fourth-order valence-electron chi connectivity index (χ4n) is 1.86. The number of thiocarbonyl (C=S) groups is 1. The van der Waals surface area contributed by atoms with E-state index in [-0.39, 0.29) is 11.0 Å². The third-order valence-electron chi connectivity index (χ3n) is 3.32. The topological polar surface area (TPSA) is 53.2 Å². The zero-order valence-corrected chi connectivity index (χ0v) is 14.9. The van der Waals surface area contributed by atoms with Gasteiger partial charge in [-0.15, -0.1) is 0 Å². The average Bonchev–Trinajstić information content (AvgIpc) is 2.52. The minimum Gasteiger partial charge on any atom is -0.331 e. The van der Waals surface area contributed by atoms with Crippen LogP contribution in [-0.2, 0) is 0 Å². The van der Waals surface area contributed by atoms with Gasteiger partial charge in [-0.25, -0.2) is 0 Å². The second kappa shape index (κ2) is 7.64. The molecule has 0 spiro atoms. The smallest absolute Gasteiger partial charge is 0.269 e. The first-order valence-corrected chi connectivity index (χ1v) is 7.93. The predicted octanol–water partition coefficient (Wildman–Crippen LogP) is 4.24. The zero-order valence-electron chi connectivity index (χ0n) is 12.5. The number of hydrogen-bond donors (Lipinski definition) is 3.